The van der Waals surface area contributed by atoms with Gasteiger partial charge in [-0.25, -0.2) is 4.79 Å². The third-order valence-electron chi connectivity index (χ3n) is 5.66. The summed E-state index contributed by atoms with van der Waals surface area (Å²) in [7, 11) is 0. The van der Waals surface area contributed by atoms with Crippen LogP contribution in [-0.2, 0) is 10.3 Å². The highest BCUT2D eigenvalue weighted by molar-refractivity contribution is 5.89. The SMILES string of the molecule is CC(C)N1C[C@H](C)[C@@](OC(=O)c2ccccc2)(c2ccccc2)C[C@@H]1C. The Morgan fingerprint density at radius 2 is 1.62 bits per heavy atom. The fourth-order valence-electron chi connectivity index (χ4n) is 4.24. The molecular formula is C23H29NO2. The average molecular weight is 351 g/mol. The van der Waals surface area contributed by atoms with Crippen molar-refractivity contribution in [1.29, 1.82) is 0 Å². The molecule has 3 nitrogen and oxygen atoms in total. The number of piperidine rings is 1. The second-order valence-electron chi connectivity index (χ2n) is 7.76. The third kappa shape index (κ3) is 3.54. The van der Waals surface area contributed by atoms with Gasteiger partial charge in [-0.1, -0.05) is 55.5 Å². The van der Waals surface area contributed by atoms with Crippen LogP contribution in [0.2, 0.25) is 0 Å². The van der Waals surface area contributed by atoms with Crippen molar-refractivity contribution in [3.05, 3.63) is 71.8 Å². The van der Waals surface area contributed by atoms with Crippen LogP contribution < -0.4 is 0 Å². The molecule has 26 heavy (non-hydrogen) atoms. The summed E-state index contributed by atoms with van der Waals surface area (Å²) in [5.74, 6) is -0.0392. The van der Waals surface area contributed by atoms with Crippen molar-refractivity contribution < 1.29 is 9.53 Å². The smallest absolute Gasteiger partial charge is 0.339 e. The van der Waals surface area contributed by atoms with Crippen LogP contribution >= 0.6 is 0 Å². The lowest BCUT2D eigenvalue weighted by Crippen LogP contribution is -2.56. The molecule has 1 aliphatic rings. The topological polar surface area (TPSA) is 29.5 Å². The van der Waals surface area contributed by atoms with Crippen molar-refractivity contribution >= 4 is 5.97 Å². The second-order valence-corrected chi connectivity index (χ2v) is 7.76. The van der Waals surface area contributed by atoms with E-state index in [-0.39, 0.29) is 11.9 Å². The molecule has 3 atom stereocenters. The Labute approximate surface area is 157 Å². The van der Waals surface area contributed by atoms with Crippen LogP contribution in [0.4, 0.5) is 0 Å². The fourth-order valence-corrected chi connectivity index (χ4v) is 4.24. The van der Waals surface area contributed by atoms with Crippen molar-refractivity contribution in [3.63, 3.8) is 0 Å². The van der Waals surface area contributed by atoms with Crippen LogP contribution in [-0.4, -0.2) is 29.5 Å². The van der Waals surface area contributed by atoms with Crippen molar-refractivity contribution in [2.45, 2.75) is 51.8 Å². The molecule has 0 N–H and O–H groups in total. The zero-order valence-electron chi connectivity index (χ0n) is 16.2. The van der Waals surface area contributed by atoms with E-state index in [4.69, 9.17) is 4.74 Å². The molecule has 0 bridgehead atoms. The Balaban J connectivity index is 1.97. The molecule has 3 heteroatoms. The zero-order chi connectivity index (χ0) is 18.7. The van der Waals surface area contributed by atoms with Gasteiger partial charge in [-0.2, -0.15) is 0 Å². The van der Waals surface area contributed by atoms with Gasteiger partial charge in [0.2, 0.25) is 0 Å². The van der Waals surface area contributed by atoms with E-state index in [1.54, 1.807) is 0 Å². The molecule has 0 aliphatic carbocycles. The molecule has 0 radical (unpaired) electrons. The second kappa shape index (κ2) is 7.63. The van der Waals surface area contributed by atoms with Crippen molar-refractivity contribution in [1.82, 2.24) is 4.90 Å². The van der Waals surface area contributed by atoms with E-state index in [1.807, 2.05) is 48.5 Å². The highest BCUT2D eigenvalue weighted by Crippen LogP contribution is 2.44. The lowest BCUT2D eigenvalue weighted by atomic mass is 9.73. The molecule has 1 heterocycles. The number of rotatable bonds is 4. The van der Waals surface area contributed by atoms with Crippen LogP contribution in [0.15, 0.2) is 60.7 Å². The number of likely N-dealkylation sites (tertiary alicyclic amines) is 1. The first-order valence-corrected chi connectivity index (χ1v) is 9.53. The Morgan fingerprint density at radius 1 is 1.04 bits per heavy atom. The zero-order valence-corrected chi connectivity index (χ0v) is 16.2. The Kier molecular flexibility index (Phi) is 5.47. The number of hydrogen-bond acceptors (Lipinski definition) is 3. The highest BCUT2D eigenvalue weighted by Gasteiger charge is 2.48. The molecule has 2 aromatic carbocycles. The van der Waals surface area contributed by atoms with Crippen LogP contribution in [0, 0.1) is 5.92 Å². The van der Waals surface area contributed by atoms with Crippen LogP contribution in [0.3, 0.4) is 0 Å². The van der Waals surface area contributed by atoms with Gasteiger partial charge in [0.25, 0.3) is 0 Å². The fraction of sp³-hybridized carbons (Fsp3) is 0.435. The number of benzene rings is 2. The minimum absolute atomic E-state index is 0.205. The lowest BCUT2D eigenvalue weighted by Gasteiger charge is -2.50. The minimum Gasteiger partial charge on any atom is -0.450 e. The molecular weight excluding hydrogens is 322 g/mol. The van der Waals surface area contributed by atoms with Gasteiger partial charge in [0.05, 0.1) is 5.56 Å². The van der Waals surface area contributed by atoms with E-state index < -0.39 is 5.60 Å². The van der Waals surface area contributed by atoms with Crippen molar-refractivity contribution in [2.24, 2.45) is 5.92 Å². The molecule has 3 rings (SSSR count). The number of hydrogen-bond donors (Lipinski definition) is 0. The standard InChI is InChI=1S/C23H29NO2/c1-17(2)24-16-18(3)23(15-19(24)4,21-13-9-6-10-14-21)26-22(25)20-11-7-5-8-12-20/h5-14,17-19H,15-16H2,1-4H3/t18-,19-,23+/m0/s1. The molecule has 0 aromatic heterocycles. The predicted molar refractivity (Wildman–Crippen MR) is 105 cm³/mol. The minimum atomic E-state index is -0.598. The maximum Gasteiger partial charge on any atom is 0.339 e. The van der Waals surface area contributed by atoms with Gasteiger partial charge in [0.1, 0.15) is 5.60 Å². The van der Waals surface area contributed by atoms with E-state index in [9.17, 15) is 4.79 Å². The number of carbonyl (C=O) groups is 1. The summed E-state index contributed by atoms with van der Waals surface area (Å²) in [5, 5.41) is 0. The molecule has 0 unspecified atom stereocenters. The van der Waals surface area contributed by atoms with Gasteiger partial charge < -0.3 is 4.74 Å². The highest BCUT2D eigenvalue weighted by atomic mass is 16.6. The summed E-state index contributed by atoms with van der Waals surface area (Å²) in [6, 6.07) is 20.4. The summed E-state index contributed by atoms with van der Waals surface area (Å²) < 4.78 is 6.30. The average Bonchev–Trinajstić information content (AvgIpc) is 2.65. The summed E-state index contributed by atoms with van der Waals surface area (Å²) in [6.07, 6.45) is 0.801. The molecule has 1 aliphatic heterocycles. The number of ether oxygens (including phenoxy) is 1. The van der Waals surface area contributed by atoms with E-state index >= 15 is 0 Å². The Hall–Kier alpha value is -2.13. The van der Waals surface area contributed by atoms with Gasteiger partial charge in [-0.05, 0) is 38.5 Å². The van der Waals surface area contributed by atoms with Crippen LogP contribution in [0.1, 0.15) is 50.0 Å². The summed E-state index contributed by atoms with van der Waals surface area (Å²) >= 11 is 0. The van der Waals surface area contributed by atoms with Gasteiger partial charge in [-0.3, -0.25) is 4.90 Å². The monoisotopic (exact) mass is 351 g/mol. The first kappa shape index (κ1) is 18.7. The first-order chi connectivity index (χ1) is 12.4. The molecule has 1 saturated heterocycles. The summed E-state index contributed by atoms with van der Waals surface area (Å²) in [4.78, 5) is 15.4. The van der Waals surface area contributed by atoms with Crippen LogP contribution in [0.5, 0.6) is 0 Å². The third-order valence-corrected chi connectivity index (χ3v) is 5.66. The predicted octanol–water partition coefficient (Wildman–Crippen LogP) is 4.88. The summed E-state index contributed by atoms with van der Waals surface area (Å²) in [6.45, 7) is 9.81. The van der Waals surface area contributed by atoms with E-state index in [0.29, 0.717) is 17.6 Å². The largest absolute Gasteiger partial charge is 0.450 e. The molecule has 2 aromatic rings. The van der Waals surface area contributed by atoms with Gasteiger partial charge in [0, 0.05) is 31.0 Å². The van der Waals surface area contributed by atoms with Crippen molar-refractivity contribution in [2.75, 3.05) is 6.54 Å². The number of carbonyl (C=O) groups excluding carboxylic acids is 1. The Bertz CT molecular complexity index is 728. The van der Waals surface area contributed by atoms with E-state index in [2.05, 4.69) is 44.7 Å². The maximum atomic E-state index is 12.9. The van der Waals surface area contributed by atoms with Gasteiger partial charge in [-0.15, -0.1) is 0 Å². The van der Waals surface area contributed by atoms with Crippen LogP contribution in [0.25, 0.3) is 0 Å². The van der Waals surface area contributed by atoms with Crippen molar-refractivity contribution in [3.8, 4) is 0 Å². The molecule has 138 valence electrons. The normalized spacial score (nSPS) is 26.7. The molecule has 0 spiro atoms. The quantitative estimate of drug-likeness (QED) is 0.736. The van der Waals surface area contributed by atoms with E-state index in [1.165, 1.54) is 0 Å². The lowest BCUT2D eigenvalue weighted by molar-refractivity contribution is -0.109. The first-order valence-electron chi connectivity index (χ1n) is 9.53. The van der Waals surface area contributed by atoms with Gasteiger partial charge >= 0.3 is 5.97 Å². The number of esters is 1. The molecule has 0 saturated carbocycles. The number of nitrogens with zero attached hydrogens (tertiary/aromatic N) is 1. The van der Waals surface area contributed by atoms with Gasteiger partial charge in [0.15, 0.2) is 0 Å². The maximum absolute atomic E-state index is 12.9. The molecule has 1 fully saturated rings. The van der Waals surface area contributed by atoms with E-state index in [0.717, 1.165) is 18.5 Å². The molecule has 0 amide bonds. The summed E-state index contributed by atoms with van der Waals surface area (Å²) in [5.41, 5.74) is 1.10. The Morgan fingerprint density at radius 3 is 2.19 bits per heavy atom.